The van der Waals surface area contributed by atoms with Gasteiger partial charge >= 0.3 is 0 Å². The molecular formula is C18H29NO. The topological polar surface area (TPSA) is 21.3 Å². The lowest BCUT2D eigenvalue weighted by atomic mass is 9.84. The van der Waals surface area contributed by atoms with E-state index < -0.39 is 0 Å². The smallest absolute Gasteiger partial charge is 0.118 e. The molecule has 1 aliphatic carbocycles. The van der Waals surface area contributed by atoms with Gasteiger partial charge in [0.1, 0.15) is 5.75 Å². The van der Waals surface area contributed by atoms with Gasteiger partial charge in [-0.2, -0.15) is 0 Å². The van der Waals surface area contributed by atoms with E-state index in [1.807, 2.05) is 0 Å². The lowest BCUT2D eigenvalue weighted by Crippen LogP contribution is -2.22. The van der Waals surface area contributed by atoms with Gasteiger partial charge in [-0.3, -0.25) is 0 Å². The van der Waals surface area contributed by atoms with Gasteiger partial charge in [-0.1, -0.05) is 51.2 Å². The molecule has 1 aliphatic rings. The second kappa shape index (κ2) is 8.31. The molecular weight excluding hydrogens is 246 g/mol. The predicted octanol–water partition coefficient (Wildman–Crippen LogP) is 4.71. The van der Waals surface area contributed by atoms with Gasteiger partial charge in [0.15, 0.2) is 0 Å². The Labute approximate surface area is 123 Å². The van der Waals surface area contributed by atoms with E-state index in [0.29, 0.717) is 6.04 Å². The van der Waals surface area contributed by atoms with Gasteiger partial charge in [0.05, 0.1) is 7.11 Å². The number of ether oxygens (including phenoxy) is 1. The zero-order valence-corrected chi connectivity index (χ0v) is 13.0. The normalized spacial score (nSPS) is 17.9. The Morgan fingerprint density at radius 2 is 1.85 bits per heavy atom. The molecule has 1 atom stereocenters. The number of rotatable bonds is 7. The maximum absolute atomic E-state index is 5.24. The van der Waals surface area contributed by atoms with Crippen molar-refractivity contribution in [3.8, 4) is 5.75 Å². The molecule has 0 bridgehead atoms. The molecule has 2 rings (SSSR count). The maximum atomic E-state index is 5.24. The maximum Gasteiger partial charge on any atom is 0.118 e. The molecule has 112 valence electrons. The minimum absolute atomic E-state index is 0.493. The quantitative estimate of drug-likeness (QED) is 0.778. The van der Waals surface area contributed by atoms with Crippen LogP contribution in [0, 0.1) is 5.92 Å². The third-order valence-corrected chi connectivity index (χ3v) is 4.56. The molecule has 2 heteroatoms. The molecule has 1 aromatic carbocycles. The van der Waals surface area contributed by atoms with Gasteiger partial charge in [0.25, 0.3) is 0 Å². The first kappa shape index (κ1) is 15.4. The van der Waals surface area contributed by atoms with Crippen LogP contribution in [0.25, 0.3) is 0 Å². The second-order valence-electron chi connectivity index (χ2n) is 5.96. The van der Waals surface area contributed by atoms with Crippen molar-refractivity contribution in [1.82, 2.24) is 5.32 Å². The van der Waals surface area contributed by atoms with Gasteiger partial charge in [0, 0.05) is 6.04 Å². The summed E-state index contributed by atoms with van der Waals surface area (Å²) in [6.45, 7) is 3.22. The van der Waals surface area contributed by atoms with Crippen molar-refractivity contribution in [1.29, 1.82) is 0 Å². The summed E-state index contributed by atoms with van der Waals surface area (Å²) in [6, 6.07) is 9.04. The molecule has 2 nitrogen and oxygen atoms in total. The number of benzene rings is 1. The van der Waals surface area contributed by atoms with Crippen LogP contribution in [0.2, 0.25) is 0 Å². The average molecular weight is 275 g/mol. The van der Waals surface area contributed by atoms with E-state index in [1.54, 1.807) is 7.11 Å². The van der Waals surface area contributed by atoms with Crippen molar-refractivity contribution in [2.75, 3.05) is 13.7 Å². The van der Waals surface area contributed by atoms with E-state index in [0.717, 1.165) is 18.2 Å². The fourth-order valence-electron chi connectivity index (χ4n) is 3.35. The predicted molar refractivity (Wildman–Crippen MR) is 85.2 cm³/mol. The van der Waals surface area contributed by atoms with E-state index >= 15 is 0 Å². The molecule has 20 heavy (non-hydrogen) atoms. The SMILES string of the molecule is CCNC(CCC1CCCCC1)c1ccc(OC)cc1. The highest BCUT2D eigenvalue weighted by molar-refractivity contribution is 5.29. The van der Waals surface area contributed by atoms with Gasteiger partial charge in [-0.05, 0) is 43.0 Å². The summed E-state index contributed by atoms with van der Waals surface area (Å²) in [5.41, 5.74) is 1.39. The average Bonchev–Trinajstić information content (AvgIpc) is 2.52. The first-order valence-electron chi connectivity index (χ1n) is 8.20. The summed E-state index contributed by atoms with van der Waals surface area (Å²) in [7, 11) is 1.72. The van der Waals surface area contributed by atoms with Gasteiger partial charge < -0.3 is 10.1 Å². The Morgan fingerprint density at radius 3 is 2.45 bits per heavy atom. The highest BCUT2D eigenvalue weighted by Gasteiger charge is 2.17. The van der Waals surface area contributed by atoms with Crippen molar-refractivity contribution in [2.45, 2.75) is 57.9 Å². The monoisotopic (exact) mass is 275 g/mol. The number of nitrogens with one attached hydrogen (secondary N) is 1. The Hall–Kier alpha value is -1.02. The van der Waals surface area contributed by atoms with Crippen molar-refractivity contribution < 1.29 is 4.74 Å². The Morgan fingerprint density at radius 1 is 1.15 bits per heavy atom. The minimum atomic E-state index is 0.493. The van der Waals surface area contributed by atoms with Crippen LogP contribution in [-0.4, -0.2) is 13.7 Å². The molecule has 0 radical (unpaired) electrons. The van der Waals surface area contributed by atoms with Gasteiger partial charge in [0.2, 0.25) is 0 Å². The van der Waals surface area contributed by atoms with Crippen LogP contribution in [0.5, 0.6) is 5.75 Å². The van der Waals surface area contributed by atoms with Gasteiger partial charge in [-0.15, -0.1) is 0 Å². The first-order valence-corrected chi connectivity index (χ1v) is 8.20. The number of hydrogen-bond donors (Lipinski definition) is 1. The van der Waals surface area contributed by atoms with Crippen LogP contribution in [0.1, 0.15) is 63.5 Å². The summed E-state index contributed by atoms with van der Waals surface area (Å²) in [5, 5.41) is 3.64. The summed E-state index contributed by atoms with van der Waals surface area (Å²) in [6.07, 6.45) is 9.85. The van der Waals surface area contributed by atoms with Crippen molar-refractivity contribution >= 4 is 0 Å². The molecule has 0 aromatic heterocycles. The van der Waals surface area contributed by atoms with Crippen molar-refractivity contribution in [3.63, 3.8) is 0 Å². The van der Waals surface area contributed by atoms with Gasteiger partial charge in [-0.25, -0.2) is 0 Å². The lowest BCUT2D eigenvalue weighted by Gasteiger charge is -2.25. The molecule has 1 fully saturated rings. The number of methoxy groups -OCH3 is 1. The molecule has 1 unspecified atom stereocenters. The van der Waals surface area contributed by atoms with E-state index in [2.05, 4.69) is 36.5 Å². The van der Waals surface area contributed by atoms with Crippen LogP contribution < -0.4 is 10.1 Å². The van der Waals surface area contributed by atoms with E-state index in [-0.39, 0.29) is 0 Å². The highest BCUT2D eigenvalue weighted by Crippen LogP contribution is 2.30. The largest absolute Gasteiger partial charge is 0.497 e. The third-order valence-electron chi connectivity index (χ3n) is 4.56. The van der Waals surface area contributed by atoms with Crippen molar-refractivity contribution in [2.24, 2.45) is 5.92 Å². The van der Waals surface area contributed by atoms with Crippen molar-refractivity contribution in [3.05, 3.63) is 29.8 Å². The van der Waals surface area contributed by atoms with E-state index in [1.165, 1.54) is 50.5 Å². The molecule has 0 saturated heterocycles. The molecule has 0 heterocycles. The molecule has 0 amide bonds. The third kappa shape index (κ3) is 4.52. The fourth-order valence-corrected chi connectivity index (χ4v) is 3.35. The first-order chi connectivity index (χ1) is 9.83. The molecule has 1 saturated carbocycles. The molecule has 1 N–H and O–H groups in total. The summed E-state index contributed by atoms with van der Waals surface area (Å²) in [5.74, 6) is 1.90. The highest BCUT2D eigenvalue weighted by atomic mass is 16.5. The van der Waals surface area contributed by atoms with Crippen LogP contribution in [0.3, 0.4) is 0 Å². The minimum Gasteiger partial charge on any atom is -0.497 e. The lowest BCUT2D eigenvalue weighted by molar-refractivity contribution is 0.315. The summed E-state index contributed by atoms with van der Waals surface area (Å²) >= 11 is 0. The zero-order chi connectivity index (χ0) is 14.2. The van der Waals surface area contributed by atoms with Crippen LogP contribution >= 0.6 is 0 Å². The molecule has 0 aliphatic heterocycles. The fraction of sp³-hybridized carbons (Fsp3) is 0.667. The summed E-state index contributed by atoms with van der Waals surface area (Å²) in [4.78, 5) is 0. The van der Waals surface area contributed by atoms with Crippen LogP contribution in [-0.2, 0) is 0 Å². The molecule has 1 aromatic rings. The van der Waals surface area contributed by atoms with E-state index in [9.17, 15) is 0 Å². The Balaban J connectivity index is 1.90. The Kier molecular flexibility index (Phi) is 6.38. The van der Waals surface area contributed by atoms with Crippen LogP contribution in [0.15, 0.2) is 24.3 Å². The Bertz CT molecular complexity index is 368. The standard InChI is InChI=1S/C18H29NO/c1-3-19-18(14-9-15-7-5-4-6-8-15)16-10-12-17(20-2)13-11-16/h10-13,15,18-19H,3-9,14H2,1-2H3. The molecule has 0 spiro atoms. The summed E-state index contributed by atoms with van der Waals surface area (Å²) < 4.78 is 5.24. The second-order valence-corrected chi connectivity index (χ2v) is 5.96. The van der Waals surface area contributed by atoms with E-state index in [4.69, 9.17) is 4.74 Å². The van der Waals surface area contributed by atoms with Crippen LogP contribution in [0.4, 0.5) is 0 Å². The number of hydrogen-bond acceptors (Lipinski definition) is 2. The zero-order valence-electron chi connectivity index (χ0n) is 13.0.